The van der Waals surface area contributed by atoms with Crippen molar-refractivity contribution in [1.82, 2.24) is 5.32 Å². The van der Waals surface area contributed by atoms with Crippen LogP contribution in [0.5, 0.6) is 0 Å². The van der Waals surface area contributed by atoms with Crippen molar-refractivity contribution in [2.75, 3.05) is 5.88 Å². The Balaban J connectivity index is 1.95. The average molecular weight is 321 g/mol. The van der Waals surface area contributed by atoms with Crippen molar-refractivity contribution in [3.8, 4) is 0 Å². The monoisotopic (exact) mass is 319 g/mol. The molecule has 0 saturated heterocycles. The highest BCUT2D eigenvalue weighted by Crippen LogP contribution is 2.27. The summed E-state index contributed by atoms with van der Waals surface area (Å²) in [6.07, 6.45) is 3.55. The highest BCUT2D eigenvalue weighted by Gasteiger charge is 2.25. The van der Waals surface area contributed by atoms with Gasteiger partial charge in [0.2, 0.25) is 0 Å². The zero-order valence-electron chi connectivity index (χ0n) is 9.56. The maximum atomic E-state index is 13.5. The number of halogens is 3. The Morgan fingerprint density at radius 2 is 2.24 bits per heavy atom. The minimum absolute atomic E-state index is 0.152. The van der Waals surface area contributed by atoms with Crippen LogP contribution in [0.25, 0.3) is 0 Å². The van der Waals surface area contributed by atoms with E-state index in [2.05, 4.69) is 21.2 Å². The molecule has 1 aromatic carbocycles. The third-order valence-corrected chi connectivity index (χ3v) is 4.31. The van der Waals surface area contributed by atoms with E-state index >= 15 is 0 Å². The van der Waals surface area contributed by atoms with Gasteiger partial charge in [0.25, 0.3) is 0 Å². The van der Waals surface area contributed by atoms with E-state index in [0.29, 0.717) is 29.9 Å². The predicted molar refractivity (Wildman–Crippen MR) is 72.8 cm³/mol. The summed E-state index contributed by atoms with van der Waals surface area (Å²) in [5, 5.41) is 3.42. The summed E-state index contributed by atoms with van der Waals surface area (Å²) in [6, 6.07) is 5.48. The van der Waals surface area contributed by atoms with Crippen molar-refractivity contribution < 1.29 is 4.39 Å². The number of benzene rings is 1. The van der Waals surface area contributed by atoms with Crippen molar-refractivity contribution in [3.05, 3.63) is 34.1 Å². The van der Waals surface area contributed by atoms with E-state index in [1.165, 1.54) is 18.9 Å². The summed E-state index contributed by atoms with van der Waals surface area (Å²) < 4.78 is 14.4. The molecule has 0 aliphatic heterocycles. The molecule has 0 radical (unpaired) electrons. The molecule has 0 bridgehead atoms. The molecule has 0 heterocycles. The first kappa shape index (κ1) is 13.3. The molecule has 0 spiro atoms. The van der Waals surface area contributed by atoms with E-state index in [0.717, 1.165) is 10.9 Å². The van der Waals surface area contributed by atoms with Crippen LogP contribution < -0.4 is 5.32 Å². The fraction of sp³-hybridized carbons (Fsp3) is 0.538. The van der Waals surface area contributed by atoms with Gasteiger partial charge >= 0.3 is 0 Å². The summed E-state index contributed by atoms with van der Waals surface area (Å²) in [4.78, 5) is 0. The second-order valence-electron chi connectivity index (χ2n) is 4.57. The van der Waals surface area contributed by atoms with Gasteiger partial charge in [-0.3, -0.25) is 0 Å². The third kappa shape index (κ3) is 3.43. The molecule has 2 rings (SSSR count). The van der Waals surface area contributed by atoms with E-state index in [-0.39, 0.29) is 5.82 Å². The van der Waals surface area contributed by atoms with Crippen LogP contribution in [0.1, 0.15) is 24.8 Å². The molecule has 1 saturated carbocycles. The minimum Gasteiger partial charge on any atom is -0.309 e. The standard InChI is InChI=1S/C13H16BrClFN/c14-11-4-5-12(16)10(6-11)8-17-13-3-1-2-9(13)7-15/h4-6,9,13,17H,1-3,7-8H2. The van der Waals surface area contributed by atoms with Gasteiger partial charge in [0.1, 0.15) is 5.82 Å². The van der Waals surface area contributed by atoms with Crippen LogP contribution >= 0.6 is 27.5 Å². The molecule has 1 fully saturated rings. The lowest BCUT2D eigenvalue weighted by atomic mass is 10.1. The summed E-state index contributed by atoms with van der Waals surface area (Å²) >= 11 is 9.28. The molecule has 1 aromatic rings. The van der Waals surface area contributed by atoms with Crippen LogP contribution in [0.3, 0.4) is 0 Å². The van der Waals surface area contributed by atoms with E-state index in [1.807, 2.05) is 6.07 Å². The van der Waals surface area contributed by atoms with Gasteiger partial charge in [0.15, 0.2) is 0 Å². The summed E-state index contributed by atoms with van der Waals surface area (Å²) in [5.41, 5.74) is 0.708. The Bertz CT molecular complexity index is 386. The molecule has 0 aromatic heterocycles. The fourth-order valence-corrected chi connectivity index (χ4v) is 3.19. The fourth-order valence-electron chi connectivity index (χ4n) is 2.41. The van der Waals surface area contributed by atoms with E-state index in [9.17, 15) is 4.39 Å². The first-order valence-electron chi connectivity index (χ1n) is 5.94. The van der Waals surface area contributed by atoms with Crippen molar-refractivity contribution >= 4 is 27.5 Å². The van der Waals surface area contributed by atoms with Gasteiger partial charge in [-0.25, -0.2) is 4.39 Å². The zero-order valence-corrected chi connectivity index (χ0v) is 11.9. The molecule has 17 heavy (non-hydrogen) atoms. The largest absolute Gasteiger partial charge is 0.309 e. The van der Waals surface area contributed by atoms with Gasteiger partial charge in [-0.1, -0.05) is 22.4 Å². The number of nitrogens with one attached hydrogen (secondary N) is 1. The normalized spacial score (nSPS) is 24.2. The maximum Gasteiger partial charge on any atom is 0.127 e. The number of alkyl halides is 1. The first-order valence-corrected chi connectivity index (χ1v) is 7.26. The lowest BCUT2D eigenvalue weighted by molar-refractivity contribution is 0.425. The molecular formula is C13H16BrClFN. The van der Waals surface area contributed by atoms with Gasteiger partial charge < -0.3 is 5.32 Å². The Labute approximate surface area is 115 Å². The van der Waals surface area contributed by atoms with Crippen molar-refractivity contribution in [2.24, 2.45) is 5.92 Å². The molecule has 94 valence electrons. The smallest absolute Gasteiger partial charge is 0.127 e. The van der Waals surface area contributed by atoms with Crippen LogP contribution in [0.2, 0.25) is 0 Å². The summed E-state index contributed by atoms with van der Waals surface area (Å²) in [7, 11) is 0. The highest BCUT2D eigenvalue weighted by molar-refractivity contribution is 9.10. The van der Waals surface area contributed by atoms with Gasteiger partial charge in [0, 0.05) is 28.5 Å². The first-order chi connectivity index (χ1) is 8.20. The molecule has 1 nitrogen and oxygen atoms in total. The number of rotatable bonds is 4. The van der Waals surface area contributed by atoms with Crippen LogP contribution in [0.15, 0.2) is 22.7 Å². The molecule has 4 heteroatoms. The Kier molecular flexibility index (Phi) is 4.83. The van der Waals surface area contributed by atoms with E-state index in [4.69, 9.17) is 11.6 Å². The van der Waals surface area contributed by atoms with Gasteiger partial charge in [-0.15, -0.1) is 11.6 Å². The van der Waals surface area contributed by atoms with Crippen molar-refractivity contribution in [3.63, 3.8) is 0 Å². The Hall–Kier alpha value is -0.120. The van der Waals surface area contributed by atoms with Crippen LogP contribution in [0, 0.1) is 11.7 Å². The summed E-state index contributed by atoms with van der Waals surface area (Å²) in [6.45, 7) is 0.573. The highest BCUT2D eigenvalue weighted by atomic mass is 79.9. The Morgan fingerprint density at radius 3 is 3.00 bits per heavy atom. The molecule has 1 aliphatic carbocycles. The van der Waals surface area contributed by atoms with Crippen LogP contribution in [-0.2, 0) is 6.54 Å². The summed E-state index contributed by atoms with van der Waals surface area (Å²) in [5.74, 6) is 1.08. The lowest BCUT2D eigenvalue weighted by Crippen LogP contribution is -2.32. The van der Waals surface area contributed by atoms with Gasteiger partial charge in [-0.05, 0) is 37.0 Å². The van der Waals surface area contributed by atoms with Gasteiger partial charge in [-0.2, -0.15) is 0 Å². The van der Waals surface area contributed by atoms with E-state index in [1.54, 1.807) is 6.07 Å². The molecule has 1 aliphatic rings. The lowest BCUT2D eigenvalue weighted by Gasteiger charge is -2.19. The quantitative estimate of drug-likeness (QED) is 0.824. The third-order valence-electron chi connectivity index (χ3n) is 3.42. The van der Waals surface area contributed by atoms with Crippen molar-refractivity contribution in [2.45, 2.75) is 31.8 Å². The molecule has 1 N–H and O–H groups in total. The zero-order chi connectivity index (χ0) is 12.3. The van der Waals surface area contributed by atoms with Gasteiger partial charge in [0.05, 0.1) is 0 Å². The predicted octanol–water partition coefficient (Wildman–Crippen LogP) is 4.09. The number of hydrogen-bond donors (Lipinski definition) is 1. The number of hydrogen-bond acceptors (Lipinski definition) is 1. The SMILES string of the molecule is Fc1ccc(Br)cc1CNC1CCCC1CCl. The van der Waals surface area contributed by atoms with Crippen LogP contribution in [0.4, 0.5) is 4.39 Å². The molecule has 2 unspecified atom stereocenters. The second kappa shape index (κ2) is 6.17. The molecular weight excluding hydrogens is 305 g/mol. The topological polar surface area (TPSA) is 12.0 Å². The molecule has 0 amide bonds. The molecule has 2 atom stereocenters. The van der Waals surface area contributed by atoms with Crippen molar-refractivity contribution in [1.29, 1.82) is 0 Å². The average Bonchev–Trinajstić information content (AvgIpc) is 2.77. The minimum atomic E-state index is -0.152. The van der Waals surface area contributed by atoms with Crippen LogP contribution in [-0.4, -0.2) is 11.9 Å². The Morgan fingerprint density at radius 1 is 1.41 bits per heavy atom. The second-order valence-corrected chi connectivity index (χ2v) is 5.79. The van der Waals surface area contributed by atoms with E-state index < -0.39 is 0 Å². The maximum absolute atomic E-state index is 13.5.